The fourth-order valence-corrected chi connectivity index (χ4v) is 2.88. The highest BCUT2D eigenvalue weighted by atomic mass is 32.2. The van der Waals surface area contributed by atoms with E-state index in [-0.39, 0.29) is 11.8 Å². The number of amides is 2. The summed E-state index contributed by atoms with van der Waals surface area (Å²) in [5.41, 5.74) is 3.08. The van der Waals surface area contributed by atoms with Crippen molar-refractivity contribution in [3.63, 3.8) is 0 Å². The van der Waals surface area contributed by atoms with Crippen LogP contribution in [0.4, 0.5) is 5.69 Å². The van der Waals surface area contributed by atoms with Crippen molar-refractivity contribution in [3.8, 4) is 0 Å². The summed E-state index contributed by atoms with van der Waals surface area (Å²) in [7, 11) is -0.940. The number of carbonyl (C=O) groups is 2. The van der Waals surface area contributed by atoms with Gasteiger partial charge in [0.15, 0.2) is 0 Å². The quantitative estimate of drug-likeness (QED) is 0.845. The molecule has 0 aliphatic heterocycles. The minimum Gasteiger partial charge on any atom is -0.348 e. The number of benzene rings is 2. The van der Waals surface area contributed by atoms with Crippen molar-refractivity contribution < 1.29 is 13.8 Å². The van der Waals surface area contributed by atoms with Crippen molar-refractivity contribution >= 4 is 28.3 Å². The average molecular weight is 344 g/mol. The first kappa shape index (κ1) is 17.9. The van der Waals surface area contributed by atoms with E-state index in [1.54, 1.807) is 36.6 Å². The highest BCUT2D eigenvalue weighted by Crippen LogP contribution is 2.11. The van der Waals surface area contributed by atoms with Crippen LogP contribution in [0.1, 0.15) is 28.4 Å². The van der Waals surface area contributed by atoms with Crippen molar-refractivity contribution in [3.05, 3.63) is 65.2 Å². The zero-order valence-electron chi connectivity index (χ0n) is 13.7. The second kappa shape index (κ2) is 8.40. The van der Waals surface area contributed by atoms with Gasteiger partial charge in [0.1, 0.15) is 0 Å². The Balaban J connectivity index is 1.95. The van der Waals surface area contributed by atoms with Crippen molar-refractivity contribution in [1.82, 2.24) is 5.32 Å². The van der Waals surface area contributed by atoms with E-state index in [4.69, 9.17) is 0 Å². The molecule has 0 saturated carbocycles. The van der Waals surface area contributed by atoms with Gasteiger partial charge in [-0.2, -0.15) is 0 Å². The van der Waals surface area contributed by atoms with E-state index in [9.17, 15) is 13.8 Å². The van der Waals surface area contributed by atoms with Gasteiger partial charge in [0.25, 0.3) is 5.91 Å². The summed E-state index contributed by atoms with van der Waals surface area (Å²) in [6.45, 7) is 1.85. The Hall–Kier alpha value is -2.47. The summed E-state index contributed by atoms with van der Waals surface area (Å²) < 4.78 is 11.3. The van der Waals surface area contributed by atoms with Crippen LogP contribution in [-0.4, -0.2) is 22.3 Å². The van der Waals surface area contributed by atoms with E-state index >= 15 is 0 Å². The number of anilines is 1. The van der Waals surface area contributed by atoms with Crippen molar-refractivity contribution in [2.24, 2.45) is 0 Å². The lowest BCUT2D eigenvalue weighted by atomic mass is 10.1. The Bertz CT molecular complexity index is 757. The van der Waals surface area contributed by atoms with Crippen LogP contribution >= 0.6 is 0 Å². The molecule has 2 aromatic carbocycles. The first-order chi connectivity index (χ1) is 11.4. The van der Waals surface area contributed by atoms with E-state index in [1.807, 2.05) is 18.2 Å². The van der Waals surface area contributed by atoms with Crippen LogP contribution in [0.25, 0.3) is 0 Å². The lowest BCUT2D eigenvalue weighted by molar-refractivity contribution is -0.114. The molecule has 2 aromatic rings. The van der Waals surface area contributed by atoms with Crippen LogP contribution < -0.4 is 10.6 Å². The normalized spacial score (nSPS) is 11.6. The van der Waals surface area contributed by atoms with E-state index in [0.717, 1.165) is 16.8 Å². The third-order valence-electron chi connectivity index (χ3n) is 3.29. The molecule has 0 aliphatic rings. The summed E-state index contributed by atoms with van der Waals surface area (Å²) in [5, 5.41) is 5.55. The predicted molar refractivity (Wildman–Crippen MR) is 96.1 cm³/mol. The van der Waals surface area contributed by atoms with Gasteiger partial charge in [-0.1, -0.05) is 24.3 Å². The number of rotatable bonds is 6. The number of hydrogen-bond acceptors (Lipinski definition) is 3. The standard InChI is InChI=1S/C18H20N2O3S/c1-13(21)20-17-8-6-14(7-9-17)11-19-18(22)16-5-3-4-15(10-16)12-24(2)23/h3-10H,11-12H2,1-2H3,(H,19,22)(H,20,21). The van der Waals surface area contributed by atoms with Gasteiger partial charge in [0.2, 0.25) is 5.91 Å². The minimum absolute atomic E-state index is 0.121. The first-order valence-corrected chi connectivity index (χ1v) is 9.20. The summed E-state index contributed by atoms with van der Waals surface area (Å²) in [6.07, 6.45) is 1.64. The summed E-state index contributed by atoms with van der Waals surface area (Å²) in [5.74, 6) is 0.139. The van der Waals surface area contributed by atoms with Crippen LogP contribution in [0.2, 0.25) is 0 Å². The summed E-state index contributed by atoms with van der Waals surface area (Å²) in [4.78, 5) is 23.2. The maximum atomic E-state index is 12.2. The monoisotopic (exact) mass is 344 g/mol. The smallest absolute Gasteiger partial charge is 0.251 e. The molecular weight excluding hydrogens is 324 g/mol. The highest BCUT2D eigenvalue weighted by molar-refractivity contribution is 7.83. The zero-order valence-corrected chi connectivity index (χ0v) is 14.5. The first-order valence-electron chi connectivity index (χ1n) is 7.48. The van der Waals surface area contributed by atoms with Crippen molar-refractivity contribution in [2.75, 3.05) is 11.6 Å². The topological polar surface area (TPSA) is 75.3 Å². The molecule has 0 bridgehead atoms. The third-order valence-corrected chi connectivity index (χ3v) is 4.03. The maximum Gasteiger partial charge on any atom is 0.251 e. The van der Waals surface area contributed by atoms with Crippen molar-refractivity contribution in [2.45, 2.75) is 19.2 Å². The molecular formula is C18H20N2O3S. The summed E-state index contributed by atoms with van der Waals surface area (Å²) in [6, 6.07) is 14.4. The van der Waals surface area contributed by atoms with E-state index in [2.05, 4.69) is 10.6 Å². The molecule has 2 N–H and O–H groups in total. The lowest BCUT2D eigenvalue weighted by Crippen LogP contribution is -2.22. The summed E-state index contributed by atoms with van der Waals surface area (Å²) >= 11 is 0. The van der Waals surface area contributed by atoms with Gasteiger partial charge in [-0.3, -0.25) is 13.8 Å². The SMILES string of the molecule is CC(=O)Nc1ccc(CNC(=O)c2cccc(CS(C)=O)c2)cc1. The molecule has 0 saturated heterocycles. The number of nitrogens with one attached hydrogen (secondary N) is 2. The molecule has 1 unspecified atom stereocenters. The Morgan fingerprint density at radius 2 is 1.75 bits per heavy atom. The number of carbonyl (C=O) groups excluding carboxylic acids is 2. The van der Waals surface area contributed by atoms with Crippen LogP contribution in [-0.2, 0) is 27.9 Å². The molecule has 0 fully saturated rings. The Kier molecular flexibility index (Phi) is 6.26. The molecule has 126 valence electrons. The highest BCUT2D eigenvalue weighted by Gasteiger charge is 2.07. The van der Waals surface area contributed by atoms with E-state index in [1.165, 1.54) is 6.92 Å². The molecule has 1 atom stereocenters. The van der Waals surface area contributed by atoms with E-state index < -0.39 is 10.8 Å². The van der Waals surface area contributed by atoms with Crippen LogP contribution in [0.15, 0.2) is 48.5 Å². The molecule has 0 heterocycles. The molecule has 6 heteroatoms. The molecule has 0 spiro atoms. The number of hydrogen-bond donors (Lipinski definition) is 2. The van der Waals surface area contributed by atoms with Crippen LogP contribution in [0.3, 0.4) is 0 Å². The maximum absolute atomic E-state index is 12.2. The lowest BCUT2D eigenvalue weighted by Gasteiger charge is -2.08. The zero-order chi connectivity index (χ0) is 17.5. The second-order valence-corrected chi connectivity index (χ2v) is 6.91. The molecule has 2 rings (SSSR count). The molecule has 0 aromatic heterocycles. The molecule has 24 heavy (non-hydrogen) atoms. The Morgan fingerprint density at radius 3 is 2.38 bits per heavy atom. The fourth-order valence-electron chi connectivity index (χ4n) is 2.23. The Morgan fingerprint density at radius 1 is 1.04 bits per heavy atom. The second-order valence-electron chi connectivity index (χ2n) is 5.48. The predicted octanol–water partition coefficient (Wildman–Crippen LogP) is 2.45. The van der Waals surface area contributed by atoms with Gasteiger partial charge in [0, 0.05) is 47.5 Å². The molecule has 5 nitrogen and oxygen atoms in total. The molecule has 2 amide bonds. The van der Waals surface area contributed by atoms with E-state index in [0.29, 0.717) is 17.9 Å². The van der Waals surface area contributed by atoms with Gasteiger partial charge in [-0.05, 0) is 35.4 Å². The van der Waals surface area contributed by atoms with Gasteiger partial charge in [0.05, 0.1) is 0 Å². The van der Waals surface area contributed by atoms with Crippen LogP contribution in [0.5, 0.6) is 0 Å². The van der Waals surface area contributed by atoms with Gasteiger partial charge in [-0.25, -0.2) is 0 Å². The fraction of sp³-hybridized carbons (Fsp3) is 0.222. The van der Waals surface area contributed by atoms with Crippen LogP contribution in [0, 0.1) is 0 Å². The third kappa shape index (κ3) is 5.62. The molecule has 0 radical (unpaired) electrons. The van der Waals surface area contributed by atoms with Gasteiger partial charge >= 0.3 is 0 Å². The molecule has 0 aliphatic carbocycles. The largest absolute Gasteiger partial charge is 0.348 e. The Labute approximate surface area is 143 Å². The van der Waals surface area contributed by atoms with Gasteiger partial charge < -0.3 is 10.6 Å². The van der Waals surface area contributed by atoms with Gasteiger partial charge in [-0.15, -0.1) is 0 Å². The average Bonchev–Trinajstić information content (AvgIpc) is 2.53. The van der Waals surface area contributed by atoms with Crippen molar-refractivity contribution in [1.29, 1.82) is 0 Å². The minimum atomic E-state index is -0.940.